The van der Waals surface area contributed by atoms with Crippen molar-refractivity contribution in [2.24, 2.45) is 0 Å². The van der Waals surface area contributed by atoms with E-state index in [-0.39, 0.29) is 30.8 Å². The van der Waals surface area contributed by atoms with Gasteiger partial charge in [0.15, 0.2) is 0 Å². The second-order valence-electron chi connectivity index (χ2n) is 9.99. The summed E-state index contributed by atoms with van der Waals surface area (Å²) >= 11 is 5.91. The van der Waals surface area contributed by atoms with Crippen molar-refractivity contribution in [1.29, 1.82) is 0 Å². The number of carbonyl (C=O) groups is 3. The Bertz CT molecular complexity index is 1330. The van der Waals surface area contributed by atoms with Crippen LogP contribution in [0.4, 0.5) is 0 Å². The van der Waals surface area contributed by atoms with Crippen LogP contribution in [-0.2, 0) is 27.2 Å². The van der Waals surface area contributed by atoms with E-state index in [1.54, 1.807) is 14.2 Å². The summed E-state index contributed by atoms with van der Waals surface area (Å²) in [4.78, 5) is 41.4. The van der Waals surface area contributed by atoms with Crippen LogP contribution in [0, 0.1) is 13.8 Å². The van der Waals surface area contributed by atoms with Crippen LogP contribution >= 0.6 is 11.6 Å². The third-order valence-electron chi connectivity index (χ3n) is 7.15. The maximum atomic E-state index is 13.3. The predicted molar refractivity (Wildman–Crippen MR) is 153 cm³/mol. The zero-order chi connectivity index (χ0) is 28.1. The molecule has 0 saturated carbocycles. The number of carbonyl (C=O) groups excluding carboxylic acids is 3. The average molecular weight is 548 g/mol. The molecule has 3 aromatic carbocycles. The summed E-state index contributed by atoms with van der Waals surface area (Å²) in [5, 5.41) is 3.50. The molecule has 3 amide bonds. The van der Waals surface area contributed by atoms with E-state index in [1.807, 2.05) is 62.4 Å². The van der Waals surface area contributed by atoms with Gasteiger partial charge in [-0.3, -0.25) is 14.4 Å². The average Bonchev–Trinajstić information content (AvgIpc) is 2.91. The number of amides is 3. The number of benzene rings is 3. The number of hydrogen-bond donors (Lipinski definition) is 1. The first-order valence-electron chi connectivity index (χ1n) is 13.0. The Morgan fingerprint density at radius 2 is 1.59 bits per heavy atom. The van der Waals surface area contributed by atoms with E-state index in [4.69, 9.17) is 16.3 Å². The third kappa shape index (κ3) is 6.79. The van der Waals surface area contributed by atoms with Crippen LogP contribution in [0.25, 0.3) is 11.1 Å². The van der Waals surface area contributed by atoms with Gasteiger partial charge in [0.2, 0.25) is 17.7 Å². The molecule has 1 aliphatic rings. The van der Waals surface area contributed by atoms with Gasteiger partial charge in [-0.1, -0.05) is 48.0 Å². The number of nitrogens with one attached hydrogen (secondary N) is 1. The summed E-state index contributed by atoms with van der Waals surface area (Å²) < 4.78 is 5.48. The molecule has 0 aromatic heterocycles. The molecule has 1 N–H and O–H groups in total. The Hall–Kier alpha value is -3.84. The number of nitrogens with zero attached hydrogens (tertiary/aromatic N) is 2. The van der Waals surface area contributed by atoms with Crippen LogP contribution in [0.5, 0.6) is 5.75 Å². The number of likely N-dealkylation sites (N-methyl/N-ethyl adjacent to an activating group) is 1. The van der Waals surface area contributed by atoms with Crippen LogP contribution in [0.15, 0.2) is 60.7 Å². The Balaban J connectivity index is 1.37. The molecule has 1 unspecified atom stereocenters. The van der Waals surface area contributed by atoms with E-state index >= 15 is 0 Å². The molecule has 1 heterocycles. The lowest BCUT2D eigenvalue weighted by atomic mass is 9.96. The fraction of sp³-hybridized carbons (Fsp3) is 0.323. The maximum Gasteiger partial charge on any atom is 0.246 e. The van der Waals surface area contributed by atoms with Crippen LogP contribution < -0.4 is 10.1 Å². The smallest absolute Gasteiger partial charge is 0.246 e. The normalized spacial score (nSPS) is 15.5. The lowest BCUT2D eigenvalue weighted by Gasteiger charge is -2.38. The first-order valence-corrected chi connectivity index (χ1v) is 13.3. The molecule has 8 heteroatoms. The Labute approximate surface area is 234 Å². The minimum Gasteiger partial charge on any atom is -0.496 e. The molecular formula is C31H34ClN3O4. The molecule has 1 atom stereocenters. The summed E-state index contributed by atoms with van der Waals surface area (Å²) in [5.74, 6) is 0.186. The van der Waals surface area contributed by atoms with Crippen molar-refractivity contribution in [2.45, 2.75) is 32.7 Å². The monoisotopic (exact) mass is 547 g/mol. The number of halogens is 1. The van der Waals surface area contributed by atoms with Crippen LogP contribution in [0.2, 0.25) is 5.02 Å². The topological polar surface area (TPSA) is 79.0 Å². The molecule has 4 rings (SSSR count). The number of rotatable bonds is 9. The van der Waals surface area contributed by atoms with E-state index < -0.39 is 6.04 Å². The maximum absolute atomic E-state index is 13.3. The van der Waals surface area contributed by atoms with E-state index in [0.717, 1.165) is 39.1 Å². The van der Waals surface area contributed by atoms with Gasteiger partial charge >= 0.3 is 0 Å². The van der Waals surface area contributed by atoms with Gasteiger partial charge in [0.25, 0.3) is 0 Å². The Morgan fingerprint density at radius 1 is 0.974 bits per heavy atom. The van der Waals surface area contributed by atoms with Gasteiger partial charge in [-0.15, -0.1) is 0 Å². The van der Waals surface area contributed by atoms with Gasteiger partial charge in [0.05, 0.1) is 7.11 Å². The molecular weight excluding hydrogens is 514 g/mol. The summed E-state index contributed by atoms with van der Waals surface area (Å²) in [6, 6.07) is 19.0. The van der Waals surface area contributed by atoms with Crippen molar-refractivity contribution >= 4 is 29.3 Å². The van der Waals surface area contributed by atoms with E-state index in [9.17, 15) is 14.4 Å². The van der Waals surface area contributed by atoms with Crippen molar-refractivity contribution in [1.82, 2.24) is 15.1 Å². The van der Waals surface area contributed by atoms with Gasteiger partial charge in [0, 0.05) is 25.0 Å². The zero-order valence-electron chi connectivity index (χ0n) is 22.8. The minimum atomic E-state index is -0.663. The molecule has 7 nitrogen and oxygen atoms in total. The van der Waals surface area contributed by atoms with Crippen LogP contribution in [-0.4, -0.2) is 67.4 Å². The number of ether oxygens (including phenoxy) is 1. The fourth-order valence-corrected chi connectivity index (χ4v) is 5.11. The van der Waals surface area contributed by atoms with Crippen molar-refractivity contribution in [3.8, 4) is 16.9 Å². The van der Waals surface area contributed by atoms with E-state index in [0.29, 0.717) is 24.4 Å². The van der Waals surface area contributed by atoms with Crippen molar-refractivity contribution in [2.75, 3.05) is 33.8 Å². The number of methoxy groups -OCH3 is 1. The number of piperazine rings is 1. The summed E-state index contributed by atoms with van der Waals surface area (Å²) in [7, 11) is 3.32. The minimum absolute atomic E-state index is 0.106. The summed E-state index contributed by atoms with van der Waals surface area (Å²) in [6.07, 6.45) is 1.02. The zero-order valence-corrected chi connectivity index (χ0v) is 23.5. The first-order chi connectivity index (χ1) is 18.7. The highest BCUT2D eigenvalue weighted by Crippen LogP contribution is 2.30. The van der Waals surface area contributed by atoms with Crippen molar-refractivity contribution in [3.05, 3.63) is 87.9 Å². The lowest BCUT2D eigenvalue weighted by Crippen LogP contribution is -2.60. The second kappa shape index (κ2) is 12.3. The molecule has 204 valence electrons. The highest BCUT2D eigenvalue weighted by atomic mass is 35.5. The van der Waals surface area contributed by atoms with Gasteiger partial charge in [-0.05, 0) is 77.9 Å². The molecule has 0 bridgehead atoms. The number of hydrogen-bond acceptors (Lipinski definition) is 4. The molecule has 1 saturated heterocycles. The molecule has 3 aromatic rings. The van der Waals surface area contributed by atoms with Crippen LogP contribution in [0.1, 0.15) is 22.3 Å². The SMILES string of the molecule is COc1c(C)cc(-c2ccc(CC3C(=O)N(CC(=O)NCCc4ccc(Cl)cc4)CC(=O)N3C)cc2)cc1C. The van der Waals surface area contributed by atoms with Gasteiger partial charge in [-0.25, -0.2) is 0 Å². The van der Waals surface area contributed by atoms with E-state index in [2.05, 4.69) is 17.4 Å². The van der Waals surface area contributed by atoms with E-state index in [1.165, 1.54) is 9.80 Å². The summed E-state index contributed by atoms with van der Waals surface area (Å²) in [6.45, 7) is 4.23. The largest absolute Gasteiger partial charge is 0.496 e. The Morgan fingerprint density at radius 3 is 2.21 bits per heavy atom. The second-order valence-corrected chi connectivity index (χ2v) is 10.4. The van der Waals surface area contributed by atoms with Gasteiger partial charge in [0.1, 0.15) is 24.9 Å². The quantitative estimate of drug-likeness (QED) is 0.435. The van der Waals surface area contributed by atoms with Crippen LogP contribution in [0.3, 0.4) is 0 Å². The lowest BCUT2D eigenvalue weighted by molar-refractivity contribution is -0.155. The molecule has 0 aliphatic carbocycles. The van der Waals surface area contributed by atoms with Gasteiger partial charge in [-0.2, -0.15) is 0 Å². The molecule has 1 fully saturated rings. The fourth-order valence-electron chi connectivity index (χ4n) is 4.98. The molecule has 1 aliphatic heterocycles. The summed E-state index contributed by atoms with van der Waals surface area (Å²) in [5.41, 5.74) is 6.27. The number of aryl methyl sites for hydroxylation is 2. The third-order valence-corrected chi connectivity index (χ3v) is 7.40. The Kier molecular flexibility index (Phi) is 8.92. The predicted octanol–water partition coefficient (Wildman–Crippen LogP) is 4.20. The van der Waals surface area contributed by atoms with Crippen molar-refractivity contribution < 1.29 is 19.1 Å². The standard InChI is InChI=1S/C31H34ClN3O4/c1-20-15-25(16-21(2)30(20)39-4)24-9-5-23(6-10-24)17-27-31(38)35(19-29(37)34(27)3)18-28(36)33-14-13-22-7-11-26(32)12-8-22/h5-12,15-16,27H,13-14,17-19H2,1-4H3,(H,33,36). The highest BCUT2D eigenvalue weighted by molar-refractivity contribution is 6.30. The van der Waals surface area contributed by atoms with Gasteiger partial charge < -0.3 is 19.9 Å². The molecule has 0 radical (unpaired) electrons. The first kappa shape index (κ1) is 28.2. The highest BCUT2D eigenvalue weighted by Gasteiger charge is 2.37. The van der Waals surface area contributed by atoms with Crippen molar-refractivity contribution in [3.63, 3.8) is 0 Å². The molecule has 39 heavy (non-hydrogen) atoms. The molecule has 0 spiro atoms.